The molecule has 0 unspecified atom stereocenters. The molecule has 1 aliphatic carbocycles. The third kappa shape index (κ3) is 3.37. The lowest BCUT2D eigenvalue weighted by Crippen LogP contribution is -2.08. The van der Waals surface area contributed by atoms with Crippen LogP contribution < -0.4 is 10.1 Å². The summed E-state index contributed by atoms with van der Waals surface area (Å²) in [4.78, 5) is 10.1. The summed E-state index contributed by atoms with van der Waals surface area (Å²) in [5, 5.41) is 13.8. The molecule has 110 valence electrons. The summed E-state index contributed by atoms with van der Waals surface area (Å²) in [6, 6.07) is 2.25. The molecule has 1 aromatic rings. The van der Waals surface area contributed by atoms with Crippen molar-refractivity contribution in [2.45, 2.75) is 32.1 Å². The van der Waals surface area contributed by atoms with Gasteiger partial charge in [0.1, 0.15) is 0 Å². The van der Waals surface area contributed by atoms with Crippen LogP contribution in [0.4, 0.5) is 15.8 Å². The van der Waals surface area contributed by atoms with E-state index in [-0.39, 0.29) is 17.1 Å². The number of rotatable bonds is 6. The average Bonchev–Trinajstić information content (AvgIpc) is 2.93. The lowest BCUT2D eigenvalue weighted by atomic mass is 10.0. The van der Waals surface area contributed by atoms with Gasteiger partial charge in [0.15, 0.2) is 11.6 Å². The van der Waals surface area contributed by atoms with Gasteiger partial charge in [0, 0.05) is 12.6 Å². The highest BCUT2D eigenvalue weighted by Crippen LogP contribution is 2.33. The summed E-state index contributed by atoms with van der Waals surface area (Å²) in [7, 11) is 1.34. The molecule has 0 radical (unpaired) electrons. The van der Waals surface area contributed by atoms with Crippen LogP contribution in [0.5, 0.6) is 5.75 Å². The largest absolute Gasteiger partial charge is 0.490 e. The zero-order valence-electron chi connectivity index (χ0n) is 11.5. The fourth-order valence-corrected chi connectivity index (χ4v) is 2.69. The van der Waals surface area contributed by atoms with Crippen LogP contribution in [0.2, 0.25) is 0 Å². The molecule has 20 heavy (non-hydrogen) atoms. The molecule has 6 heteroatoms. The molecular formula is C14H19FN2O3. The molecule has 0 amide bonds. The van der Waals surface area contributed by atoms with Gasteiger partial charge >= 0.3 is 5.69 Å². The fourth-order valence-electron chi connectivity index (χ4n) is 2.69. The van der Waals surface area contributed by atoms with Gasteiger partial charge in [-0.1, -0.05) is 25.7 Å². The second-order valence-electron chi connectivity index (χ2n) is 5.13. The van der Waals surface area contributed by atoms with E-state index in [1.54, 1.807) is 0 Å². The Hall–Kier alpha value is -1.85. The molecule has 0 heterocycles. The van der Waals surface area contributed by atoms with Gasteiger partial charge < -0.3 is 10.1 Å². The Morgan fingerprint density at radius 1 is 1.45 bits per heavy atom. The van der Waals surface area contributed by atoms with E-state index in [0.717, 1.165) is 12.5 Å². The summed E-state index contributed by atoms with van der Waals surface area (Å²) in [6.07, 6.45) is 6.05. The number of methoxy groups -OCH3 is 1. The van der Waals surface area contributed by atoms with Gasteiger partial charge in [0.05, 0.1) is 23.8 Å². The van der Waals surface area contributed by atoms with E-state index in [1.807, 2.05) is 0 Å². The number of halogens is 1. The number of benzene rings is 1. The molecule has 5 nitrogen and oxygen atoms in total. The Morgan fingerprint density at radius 2 is 2.15 bits per heavy atom. The van der Waals surface area contributed by atoms with Crippen molar-refractivity contribution in [2.75, 3.05) is 19.0 Å². The first-order chi connectivity index (χ1) is 9.61. The topological polar surface area (TPSA) is 64.4 Å². The highest BCUT2D eigenvalue weighted by molar-refractivity contribution is 5.59. The molecule has 1 aliphatic rings. The van der Waals surface area contributed by atoms with Crippen molar-refractivity contribution < 1.29 is 14.1 Å². The first-order valence-corrected chi connectivity index (χ1v) is 6.87. The molecule has 1 saturated carbocycles. The van der Waals surface area contributed by atoms with Crippen molar-refractivity contribution in [2.24, 2.45) is 5.92 Å². The third-order valence-corrected chi connectivity index (χ3v) is 3.81. The molecule has 1 aromatic carbocycles. The van der Waals surface area contributed by atoms with Gasteiger partial charge in [-0.2, -0.15) is 0 Å². The van der Waals surface area contributed by atoms with E-state index in [1.165, 1.54) is 38.9 Å². The molecular weight excluding hydrogens is 263 g/mol. The number of ether oxygens (including phenoxy) is 1. The Kier molecular flexibility index (Phi) is 4.76. The first kappa shape index (κ1) is 14.6. The molecule has 0 atom stereocenters. The van der Waals surface area contributed by atoms with Gasteiger partial charge in [-0.15, -0.1) is 0 Å². The van der Waals surface area contributed by atoms with Crippen molar-refractivity contribution in [3.05, 3.63) is 28.1 Å². The van der Waals surface area contributed by atoms with Crippen molar-refractivity contribution in [1.29, 1.82) is 0 Å². The normalized spacial score (nSPS) is 15.3. The number of nitro groups is 1. The maximum Gasteiger partial charge on any atom is 0.313 e. The summed E-state index contributed by atoms with van der Waals surface area (Å²) in [5.74, 6) is 0.161. The number of nitrogens with zero attached hydrogens (tertiary/aromatic N) is 1. The van der Waals surface area contributed by atoms with Crippen molar-refractivity contribution in [1.82, 2.24) is 0 Å². The second-order valence-corrected chi connectivity index (χ2v) is 5.13. The number of nitro benzene ring substituents is 1. The van der Waals surface area contributed by atoms with Crippen LogP contribution in [0.25, 0.3) is 0 Å². The molecule has 1 N–H and O–H groups in total. The quantitative estimate of drug-likeness (QED) is 0.637. The average molecular weight is 282 g/mol. The highest BCUT2D eigenvalue weighted by atomic mass is 19.1. The number of anilines is 1. The van der Waals surface area contributed by atoms with Gasteiger partial charge in [-0.05, 0) is 12.3 Å². The zero-order valence-corrected chi connectivity index (χ0v) is 11.5. The summed E-state index contributed by atoms with van der Waals surface area (Å²) < 4.78 is 18.7. The maximum absolute atomic E-state index is 13.8. The van der Waals surface area contributed by atoms with E-state index in [4.69, 9.17) is 4.74 Å². The van der Waals surface area contributed by atoms with Gasteiger partial charge in [-0.25, -0.2) is 4.39 Å². The van der Waals surface area contributed by atoms with Gasteiger partial charge in [-0.3, -0.25) is 10.1 Å². The second kappa shape index (κ2) is 6.54. The minimum absolute atomic E-state index is 0.0692. The van der Waals surface area contributed by atoms with Crippen molar-refractivity contribution in [3.63, 3.8) is 0 Å². The number of hydrogen-bond donors (Lipinski definition) is 1. The van der Waals surface area contributed by atoms with E-state index in [9.17, 15) is 14.5 Å². The van der Waals surface area contributed by atoms with E-state index < -0.39 is 10.7 Å². The van der Waals surface area contributed by atoms with Gasteiger partial charge in [0.25, 0.3) is 0 Å². The van der Waals surface area contributed by atoms with E-state index in [0.29, 0.717) is 12.5 Å². The minimum atomic E-state index is -0.649. The van der Waals surface area contributed by atoms with E-state index in [2.05, 4.69) is 5.32 Å². The van der Waals surface area contributed by atoms with Crippen LogP contribution in [0, 0.1) is 21.8 Å². The summed E-state index contributed by atoms with van der Waals surface area (Å²) in [5.41, 5.74) is -0.100. The molecule has 2 rings (SSSR count). The molecule has 1 fully saturated rings. The van der Waals surface area contributed by atoms with Crippen LogP contribution in [0.3, 0.4) is 0 Å². The smallest absolute Gasteiger partial charge is 0.313 e. The number of hydrogen-bond acceptors (Lipinski definition) is 4. The molecule has 0 bridgehead atoms. The lowest BCUT2D eigenvalue weighted by Gasteiger charge is -2.12. The van der Waals surface area contributed by atoms with Crippen LogP contribution in [-0.2, 0) is 0 Å². The summed E-state index contributed by atoms with van der Waals surface area (Å²) >= 11 is 0. The monoisotopic (exact) mass is 282 g/mol. The van der Waals surface area contributed by atoms with Gasteiger partial charge in [0.2, 0.25) is 0 Å². The maximum atomic E-state index is 13.8. The Morgan fingerprint density at radius 3 is 2.75 bits per heavy atom. The van der Waals surface area contributed by atoms with Crippen LogP contribution in [0.1, 0.15) is 32.1 Å². The first-order valence-electron chi connectivity index (χ1n) is 6.87. The predicted molar refractivity (Wildman–Crippen MR) is 74.7 cm³/mol. The molecule has 0 saturated heterocycles. The van der Waals surface area contributed by atoms with Crippen LogP contribution in [-0.4, -0.2) is 18.6 Å². The number of nitrogens with one attached hydrogen (secondary N) is 1. The fraction of sp³-hybridized carbons (Fsp3) is 0.571. The zero-order chi connectivity index (χ0) is 14.5. The van der Waals surface area contributed by atoms with Crippen molar-refractivity contribution >= 4 is 11.4 Å². The lowest BCUT2D eigenvalue weighted by molar-refractivity contribution is -0.385. The van der Waals surface area contributed by atoms with E-state index >= 15 is 0 Å². The Bertz CT molecular complexity index is 488. The Balaban J connectivity index is 2.01. The summed E-state index contributed by atoms with van der Waals surface area (Å²) in [6.45, 7) is 0.669. The SMILES string of the molecule is COc1cc(NCCC2CCCC2)c(F)cc1[N+](=O)[O-]. The highest BCUT2D eigenvalue weighted by Gasteiger charge is 2.19. The molecule has 0 spiro atoms. The third-order valence-electron chi connectivity index (χ3n) is 3.81. The van der Waals surface area contributed by atoms with Crippen LogP contribution >= 0.6 is 0 Å². The van der Waals surface area contributed by atoms with Crippen molar-refractivity contribution in [3.8, 4) is 5.75 Å². The Labute approximate surface area is 117 Å². The standard InChI is InChI=1S/C14H19FN2O3/c1-20-14-9-12(11(15)8-13(14)17(18)19)16-7-6-10-4-2-3-5-10/h8-10,16H,2-7H2,1H3. The molecule has 0 aromatic heterocycles. The minimum Gasteiger partial charge on any atom is -0.490 e. The predicted octanol–water partition coefficient (Wildman–Crippen LogP) is 3.73. The molecule has 0 aliphatic heterocycles. The van der Waals surface area contributed by atoms with Crippen LogP contribution in [0.15, 0.2) is 12.1 Å².